The largest absolute Gasteiger partial charge is 0.456 e. The summed E-state index contributed by atoms with van der Waals surface area (Å²) in [6.45, 7) is 7.13. The van der Waals surface area contributed by atoms with E-state index in [-0.39, 0.29) is 5.82 Å². The normalized spacial score (nSPS) is 11.5. The summed E-state index contributed by atoms with van der Waals surface area (Å²) in [7, 11) is 0. The molecule has 0 saturated carbocycles. The summed E-state index contributed by atoms with van der Waals surface area (Å²) in [5.41, 5.74) is 6.77. The highest BCUT2D eigenvalue weighted by atomic mass is 32.1. The van der Waals surface area contributed by atoms with E-state index >= 15 is 0 Å². The molecule has 2 rings (SSSR count). The minimum absolute atomic E-state index is 0.327. The zero-order valence-corrected chi connectivity index (χ0v) is 13.3. The number of esters is 1. The van der Waals surface area contributed by atoms with Gasteiger partial charge in [-0.05, 0) is 39.3 Å². The average Bonchev–Trinajstić information content (AvgIpc) is 2.63. The van der Waals surface area contributed by atoms with Gasteiger partial charge >= 0.3 is 5.97 Å². The summed E-state index contributed by atoms with van der Waals surface area (Å²) in [6.07, 6.45) is 0. The first-order valence-corrected chi connectivity index (χ1v) is 7.39. The third-order valence-corrected chi connectivity index (χ3v) is 4.05. The molecular weight excluding hydrogens is 289 g/mol. The van der Waals surface area contributed by atoms with Gasteiger partial charge in [-0.2, -0.15) is 0 Å². The molecule has 0 bridgehead atoms. The van der Waals surface area contributed by atoms with Gasteiger partial charge in [0.05, 0.1) is 5.56 Å². The number of nitrogens with two attached hydrogens (primary N) is 1. The van der Waals surface area contributed by atoms with E-state index in [0.29, 0.717) is 26.6 Å². The summed E-state index contributed by atoms with van der Waals surface area (Å²) < 4.78 is 19.3. The van der Waals surface area contributed by atoms with Crippen LogP contribution in [0.4, 0.5) is 9.39 Å². The first-order chi connectivity index (χ1) is 9.70. The lowest BCUT2D eigenvalue weighted by Gasteiger charge is -2.19. The maximum atomic E-state index is 13.9. The van der Waals surface area contributed by atoms with E-state index in [1.807, 2.05) is 0 Å². The number of nitrogen functional groups attached to an aromatic ring is 1. The van der Waals surface area contributed by atoms with Gasteiger partial charge in [0.15, 0.2) is 0 Å². The zero-order valence-electron chi connectivity index (χ0n) is 12.5. The van der Waals surface area contributed by atoms with Crippen molar-refractivity contribution >= 4 is 22.3 Å². The molecule has 1 aromatic carbocycles. The summed E-state index contributed by atoms with van der Waals surface area (Å²) in [4.78, 5) is 12.9. The topological polar surface area (TPSA) is 52.3 Å². The molecule has 0 aliphatic heterocycles. The van der Waals surface area contributed by atoms with Crippen molar-refractivity contribution in [3.63, 3.8) is 0 Å². The third-order valence-electron chi connectivity index (χ3n) is 2.90. The van der Waals surface area contributed by atoms with Crippen LogP contribution in [-0.2, 0) is 4.74 Å². The molecule has 1 aromatic heterocycles. The number of hydrogen-bond acceptors (Lipinski definition) is 4. The second-order valence-corrected chi connectivity index (χ2v) is 6.83. The lowest BCUT2D eigenvalue weighted by molar-refractivity contribution is 0.00706. The van der Waals surface area contributed by atoms with Crippen molar-refractivity contribution in [3.8, 4) is 10.4 Å². The van der Waals surface area contributed by atoms with Crippen molar-refractivity contribution in [1.29, 1.82) is 0 Å². The van der Waals surface area contributed by atoms with Gasteiger partial charge < -0.3 is 10.5 Å². The van der Waals surface area contributed by atoms with Crippen LogP contribution in [0.25, 0.3) is 10.4 Å². The molecular formula is C16H18FNO2S. The fourth-order valence-electron chi connectivity index (χ4n) is 2.02. The SMILES string of the molecule is Cc1c(-c2ccccc2F)sc(N)c1C(=O)OC(C)(C)C. The fraction of sp³-hybridized carbons (Fsp3) is 0.312. The quantitative estimate of drug-likeness (QED) is 0.837. The van der Waals surface area contributed by atoms with E-state index in [2.05, 4.69) is 0 Å². The Morgan fingerprint density at radius 1 is 1.29 bits per heavy atom. The monoisotopic (exact) mass is 307 g/mol. The molecule has 3 nitrogen and oxygen atoms in total. The van der Waals surface area contributed by atoms with Gasteiger partial charge in [-0.1, -0.05) is 18.2 Å². The van der Waals surface area contributed by atoms with E-state index in [4.69, 9.17) is 10.5 Å². The van der Waals surface area contributed by atoms with Crippen molar-refractivity contribution in [2.75, 3.05) is 5.73 Å². The molecule has 0 amide bonds. The van der Waals surface area contributed by atoms with Gasteiger partial charge in [0.1, 0.15) is 16.4 Å². The van der Waals surface area contributed by atoms with Crippen molar-refractivity contribution in [3.05, 3.63) is 41.2 Å². The van der Waals surface area contributed by atoms with Gasteiger partial charge in [-0.3, -0.25) is 0 Å². The maximum Gasteiger partial charge on any atom is 0.341 e. The molecule has 0 fully saturated rings. The molecule has 0 radical (unpaired) electrons. The number of benzene rings is 1. The number of halogens is 1. The Hall–Kier alpha value is -1.88. The first kappa shape index (κ1) is 15.5. The molecule has 5 heteroatoms. The van der Waals surface area contributed by atoms with Gasteiger partial charge in [-0.15, -0.1) is 11.3 Å². The number of rotatable bonds is 2. The fourth-order valence-corrected chi connectivity index (χ4v) is 3.11. The number of anilines is 1. The minimum atomic E-state index is -0.601. The van der Waals surface area contributed by atoms with E-state index in [0.717, 1.165) is 0 Å². The zero-order chi connectivity index (χ0) is 15.8. The predicted molar refractivity (Wildman–Crippen MR) is 84.0 cm³/mol. The van der Waals surface area contributed by atoms with Gasteiger partial charge in [0, 0.05) is 10.4 Å². The second-order valence-electron chi connectivity index (χ2n) is 5.78. The van der Waals surface area contributed by atoms with Crippen LogP contribution in [0.15, 0.2) is 24.3 Å². The standard InChI is InChI=1S/C16H18FNO2S/c1-9-12(15(19)20-16(2,3)4)14(18)21-13(9)10-7-5-6-8-11(10)17/h5-8H,18H2,1-4H3. The molecule has 0 aliphatic carbocycles. The van der Waals surface area contributed by atoms with Crippen molar-refractivity contribution in [1.82, 2.24) is 0 Å². The van der Waals surface area contributed by atoms with Crippen molar-refractivity contribution in [2.24, 2.45) is 0 Å². The molecule has 2 aromatic rings. The highest BCUT2D eigenvalue weighted by Crippen LogP contribution is 2.39. The molecule has 0 aliphatic rings. The van der Waals surface area contributed by atoms with Gasteiger partial charge in [0.25, 0.3) is 0 Å². The van der Waals surface area contributed by atoms with Crippen LogP contribution in [0.3, 0.4) is 0 Å². The molecule has 0 saturated heterocycles. The lowest BCUT2D eigenvalue weighted by atomic mass is 10.1. The number of carbonyl (C=O) groups excluding carboxylic acids is 1. The number of thiophene rings is 1. The van der Waals surface area contributed by atoms with E-state index in [1.165, 1.54) is 17.4 Å². The summed E-state index contributed by atoms with van der Waals surface area (Å²) in [6, 6.07) is 6.44. The highest BCUT2D eigenvalue weighted by Gasteiger charge is 2.26. The minimum Gasteiger partial charge on any atom is -0.456 e. The Labute approximate surface area is 127 Å². The van der Waals surface area contributed by atoms with Crippen LogP contribution in [0, 0.1) is 12.7 Å². The van der Waals surface area contributed by atoms with E-state index in [1.54, 1.807) is 45.9 Å². The van der Waals surface area contributed by atoms with Crippen LogP contribution >= 0.6 is 11.3 Å². The molecule has 21 heavy (non-hydrogen) atoms. The molecule has 1 heterocycles. The van der Waals surface area contributed by atoms with Crippen LogP contribution in [0.2, 0.25) is 0 Å². The highest BCUT2D eigenvalue weighted by molar-refractivity contribution is 7.19. The van der Waals surface area contributed by atoms with E-state index < -0.39 is 11.6 Å². The lowest BCUT2D eigenvalue weighted by Crippen LogP contribution is -2.24. The Morgan fingerprint density at radius 2 is 1.90 bits per heavy atom. The predicted octanol–water partition coefficient (Wildman–Crippen LogP) is 4.40. The Balaban J connectivity index is 2.48. The molecule has 0 unspecified atom stereocenters. The first-order valence-electron chi connectivity index (χ1n) is 6.58. The summed E-state index contributed by atoms with van der Waals surface area (Å²) >= 11 is 1.20. The number of carbonyl (C=O) groups is 1. The second kappa shape index (κ2) is 5.48. The smallest absolute Gasteiger partial charge is 0.341 e. The molecule has 112 valence electrons. The maximum absolute atomic E-state index is 13.9. The third kappa shape index (κ3) is 3.24. The van der Waals surface area contributed by atoms with Crippen LogP contribution in [-0.4, -0.2) is 11.6 Å². The van der Waals surface area contributed by atoms with Gasteiger partial charge in [-0.25, -0.2) is 9.18 Å². The Morgan fingerprint density at radius 3 is 2.48 bits per heavy atom. The van der Waals surface area contributed by atoms with Crippen LogP contribution in [0.5, 0.6) is 0 Å². The average molecular weight is 307 g/mol. The molecule has 0 atom stereocenters. The molecule has 0 spiro atoms. The van der Waals surface area contributed by atoms with Crippen LogP contribution in [0.1, 0.15) is 36.7 Å². The number of ether oxygens (including phenoxy) is 1. The number of hydrogen-bond donors (Lipinski definition) is 1. The van der Waals surface area contributed by atoms with Gasteiger partial charge in [0.2, 0.25) is 0 Å². The van der Waals surface area contributed by atoms with Crippen LogP contribution < -0.4 is 5.73 Å². The van der Waals surface area contributed by atoms with E-state index in [9.17, 15) is 9.18 Å². The Kier molecular flexibility index (Phi) is 4.05. The Bertz CT molecular complexity index is 686. The van der Waals surface area contributed by atoms with Crippen molar-refractivity contribution < 1.29 is 13.9 Å². The summed E-state index contributed by atoms with van der Waals surface area (Å²) in [5, 5.41) is 0.347. The molecule has 2 N–H and O–H groups in total. The summed E-state index contributed by atoms with van der Waals surface area (Å²) in [5.74, 6) is -0.811. The van der Waals surface area contributed by atoms with Crippen molar-refractivity contribution in [2.45, 2.75) is 33.3 Å².